The van der Waals surface area contributed by atoms with Crippen LogP contribution in [0.3, 0.4) is 0 Å². The molecule has 0 saturated heterocycles. The summed E-state index contributed by atoms with van der Waals surface area (Å²) in [6, 6.07) is 1.44. The van der Waals surface area contributed by atoms with Gasteiger partial charge in [0, 0.05) is 0 Å². The minimum atomic E-state index is -5.30. The Morgan fingerprint density at radius 1 is 1.19 bits per heavy atom. The highest BCUT2D eigenvalue weighted by Crippen LogP contribution is 2.19. The zero-order valence-electron chi connectivity index (χ0n) is 7.77. The summed E-state index contributed by atoms with van der Waals surface area (Å²) < 4.78 is 77.2. The predicted octanol–water partition coefficient (Wildman–Crippen LogP) is 2.52. The van der Waals surface area contributed by atoms with Gasteiger partial charge in [-0.3, -0.25) is 0 Å². The normalized spacial score (nSPS) is 11.9. The van der Waals surface area contributed by atoms with Gasteiger partial charge in [0.1, 0.15) is 6.61 Å². The lowest BCUT2D eigenvalue weighted by molar-refractivity contribution is 0.0799. The van der Waals surface area contributed by atoms with Crippen molar-refractivity contribution in [3.8, 4) is 5.75 Å². The molecule has 0 amide bonds. The minimum Gasteiger partial charge on any atom is -0.485 e. The fourth-order valence-electron chi connectivity index (χ4n) is 0.987. The first kappa shape index (κ1) is 12.7. The summed E-state index contributed by atoms with van der Waals surface area (Å²) in [6.45, 7) is -6.45. The van der Waals surface area contributed by atoms with E-state index in [1.165, 1.54) is 0 Å². The average Bonchev–Trinajstić information content (AvgIpc) is 2.14. The molecule has 16 heavy (non-hydrogen) atoms. The van der Waals surface area contributed by atoms with Crippen molar-refractivity contribution in [2.45, 2.75) is 6.43 Å². The molecular formula is C8H6BF6O-. The summed E-state index contributed by atoms with van der Waals surface area (Å²) >= 11 is 0. The van der Waals surface area contributed by atoms with Crippen LogP contribution >= 0.6 is 0 Å². The monoisotopic (exact) mass is 243 g/mol. The molecule has 0 aliphatic carbocycles. The van der Waals surface area contributed by atoms with Crippen molar-refractivity contribution in [1.29, 1.82) is 0 Å². The largest absolute Gasteiger partial charge is 0.509 e. The maximum Gasteiger partial charge on any atom is 0.509 e. The molecule has 1 aromatic carbocycles. The van der Waals surface area contributed by atoms with Gasteiger partial charge in [0.15, 0.2) is 11.6 Å². The van der Waals surface area contributed by atoms with E-state index < -0.39 is 37.0 Å². The Kier molecular flexibility index (Phi) is 3.72. The van der Waals surface area contributed by atoms with E-state index in [2.05, 4.69) is 4.74 Å². The molecule has 0 spiro atoms. The Labute approximate surface area is 87.1 Å². The fraction of sp³-hybridized carbons (Fsp3) is 0.250. The van der Waals surface area contributed by atoms with Crippen molar-refractivity contribution in [1.82, 2.24) is 0 Å². The third-order valence-electron chi connectivity index (χ3n) is 1.70. The molecule has 0 aliphatic rings. The van der Waals surface area contributed by atoms with Gasteiger partial charge in [0.25, 0.3) is 6.43 Å². The lowest BCUT2D eigenvalue weighted by Gasteiger charge is -2.16. The number of hydrogen-bond acceptors (Lipinski definition) is 1. The molecule has 0 saturated carbocycles. The Balaban J connectivity index is 2.91. The molecule has 0 radical (unpaired) electrons. The molecular weight excluding hydrogens is 237 g/mol. The number of benzene rings is 1. The molecule has 0 fully saturated rings. The van der Waals surface area contributed by atoms with Gasteiger partial charge in [-0.15, -0.1) is 5.46 Å². The predicted molar refractivity (Wildman–Crippen MR) is 46.6 cm³/mol. The first-order valence-electron chi connectivity index (χ1n) is 4.21. The van der Waals surface area contributed by atoms with E-state index in [0.29, 0.717) is 18.2 Å². The van der Waals surface area contributed by atoms with Gasteiger partial charge in [-0.2, -0.15) is 0 Å². The quantitative estimate of drug-likeness (QED) is 0.583. The standard InChI is InChI=1S/C8H6BF6O/c10-6-2-1-5(9(13,14)15)3-7(6)16-4-8(11)12/h1-3,8H,4H2/q-1. The zero-order valence-corrected chi connectivity index (χ0v) is 7.77. The lowest BCUT2D eigenvalue weighted by atomic mass is 9.80. The zero-order chi connectivity index (χ0) is 12.3. The summed E-state index contributed by atoms with van der Waals surface area (Å²) in [5, 5.41) is 0. The van der Waals surface area contributed by atoms with Crippen molar-refractivity contribution in [2.75, 3.05) is 6.61 Å². The molecule has 0 atom stereocenters. The van der Waals surface area contributed by atoms with Crippen LogP contribution in [-0.4, -0.2) is 20.0 Å². The SMILES string of the molecule is Fc1ccc([B-](F)(F)F)cc1OCC(F)F. The van der Waals surface area contributed by atoms with Gasteiger partial charge >= 0.3 is 6.98 Å². The van der Waals surface area contributed by atoms with Gasteiger partial charge in [-0.1, -0.05) is 6.07 Å². The van der Waals surface area contributed by atoms with Crippen molar-refractivity contribution in [2.24, 2.45) is 0 Å². The second-order valence-electron chi connectivity index (χ2n) is 2.97. The first-order chi connectivity index (χ1) is 7.30. The topological polar surface area (TPSA) is 9.23 Å². The Hall–Kier alpha value is -1.34. The van der Waals surface area contributed by atoms with Crippen molar-refractivity contribution in [3.63, 3.8) is 0 Å². The van der Waals surface area contributed by atoms with Crippen LogP contribution in [0, 0.1) is 5.82 Å². The first-order valence-corrected chi connectivity index (χ1v) is 4.21. The Morgan fingerprint density at radius 3 is 2.31 bits per heavy atom. The maximum atomic E-state index is 12.9. The van der Waals surface area contributed by atoms with Gasteiger partial charge in [0.2, 0.25) is 0 Å². The number of hydrogen-bond donors (Lipinski definition) is 0. The summed E-state index contributed by atoms with van der Waals surface area (Å²) in [5.41, 5.74) is -1.09. The van der Waals surface area contributed by atoms with Crippen LogP contribution in [0.15, 0.2) is 18.2 Å². The van der Waals surface area contributed by atoms with E-state index in [4.69, 9.17) is 0 Å². The maximum absolute atomic E-state index is 12.9. The van der Waals surface area contributed by atoms with E-state index >= 15 is 0 Å². The number of ether oxygens (including phenoxy) is 1. The molecule has 0 aliphatic heterocycles. The van der Waals surface area contributed by atoms with Crippen LogP contribution in [0.5, 0.6) is 5.75 Å². The van der Waals surface area contributed by atoms with Crippen LogP contribution in [-0.2, 0) is 0 Å². The lowest BCUT2D eigenvalue weighted by Crippen LogP contribution is -2.34. The Bertz CT molecular complexity index is 364. The highest BCUT2D eigenvalue weighted by molar-refractivity contribution is 6.73. The van der Waals surface area contributed by atoms with Crippen LogP contribution in [0.1, 0.15) is 0 Å². The van der Waals surface area contributed by atoms with Crippen LogP contribution in [0.25, 0.3) is 0 Å². The van der Waals surface area contributed by atoms with Crippen molar-refractivity contribution < 1.29 is 30.9 Å². The summed E-state index contributed by atoms with van der Waals surface area (Å²) in [5.74, 6) is -1.93. The third-order valence-corrected chi connectivity index (χ3v) is 1.70. The van der Waals surface area contributed by atoms with Crippen molar-refractivity contribution in [3.05, 3.63) is 24.0 Å². The Morgan fingerprint density at radius 2 is 1.81 bits per heavy atom. The minimum absolute atomic E-state index is 0.373. The van der Waals surface area contributed by atoms with Crippen LogP contribution in [0.4, 0.5) is 26.1 Å². The molecule has 1 rings (SSSR count). The van der Waals surface area contributed by atoms with Crippen LogP contribution < -0.4 is 10.2 Å². The molecule has 90 valence electrons. The summed E-state index contributed by atoms with van der Waals surface area (Å²) in [6.07, 6.45) is -2.88. The number of rotatable bonds is 4. The fourth-order valence-corrected chi connectivity index (χ4v) is 0.987. The molecule has 0 heterocycles. The van der Waals surface area contributed by atoms with Gasteiger partial charge in [0.05, 0.1) is 0 Å². The van der Waals surface area contributed by atoms with Gasteiger partial charge < -0.3 is 17.7 Å². The third kappa shape index (κ3) is 3.35. The van der Waals surface area contributed by atoms with E-state index in [1.807, 2.05) is 0 Å². The van der Waals surface area contributed by atoms with Crippen molar-refractivity contribution >= 4 is 12.4 Å². The number of alkyl halides is 2. The summed E-state index contributed by atoms with van der Waals surface area (Å²) in [4.78, 5) is 0. The molecule has 0 bridgehead atoms. The van der Waals surface area contributed by atoms with Gasteiger partial charge in [-0.25, -0.2) is 13.2 Å². The van der Waals surface area contributed by atoms with E-state index in [0.717, 1.165) is 0 Å². The smallest absolute Gasteiger partial charge is 0.485 e. The average molecular weight is 243 g/mol. The molecule has 1 aromatic rings. The second kappa shape index (κ2) is 4.67. The van der Waals surface area contributed by atoms with E-state index in [9.17, 15) is 26.1 Å². The number of halogens is 6. The van der Waals surface area contributed by atoms with Gasteiger partial charge in [-0.05, 0) is 12.1 Å². The van der Waals surface area contributed by atoms with E-state index in [1.54, 1.807) is 0 Å². The second-order valence-corrected chi connectivity index (χ2v) is 2.97. The molecule has 0 aromatic heterocycles. The molecule has 0 unspecified atom stereocenters. The summed E-state index contributed by atoms with van der Waals surface area (Å²) in [7, 11) is 0. The molecule has 1 nitrogen and oxygen atoms in total. The van der Waals surface area contributed by atoms with Crippen LogP contribution in [0.2, 0.25) is 0 Å². The van der Waals surface area contributed by atoms with E-state index in [-0.39, 0.29) is 0 Å². The highest BCUT2D eigenvalue weighted by Gasteiger charge is 2.26. The molecule has 0 N–H and O–H groups in total. The molecule has 8 heteroatoms. The highest BCUT2D eigenvalue weighted by atomic mass is 19.4.